The Hall–Kier alpha value is -1.09. The SMILES string of the molecule is CCOC(=O)c1ccc(NC(=O)COC(=O)[C@@H](CC(C)C)N2C(=O)c3c(I)c(I)c(I)c(I)c3C2=O)cc1. The molecule has 0 radical (unpaired) electrons. The molecule has 9 nitrogen and oxygen atoms in total. The van der Waals surface area contributed by atoms with Gasteiger partial charge in [0, 0.05) is 20.0 Å². The number of carbonyl (C=O) groups excluding carboxylic acids is 5. The van der Waals surface area contributed by atoms with Gasteiger partial charge in [0.05, 0.1) is 23.3 Å². The first-order chi connectivity index (χ1) is 17.9. The minimum absolute atomic E-state index is 0.0398. The fourth-order valence-corrected chi connectivity index (χ4v) is 7.39. The molecule has 1 aliphatic rings. The quantitative estimate of drug-likeness (QED) is 0.117. The zero-order valence-electron chi connectivity index (χ0n) is 20.4. The molecule has 1 heterocycles. The summed E-state index contributed by atoms with van der Waals surface area (Å²) in [6.07, 6.45) is 0.183. The van der Waals surface area contributed by atoms with E-state index in [0.717, 1.165) is 12.0 Å². The van der Waals surface area contributed by atoms with Crippen molar-refractivity contribution in [1.29, 1.82) is 0 Å². The largest absolute Gasteiger partial charge is 0.462 e. The number of imide groups is 1. The number of nitrogens with one attached hydrogen (secondary N) is 1. The maximum Gasteiger partial charge on any atom is 0.338 e. The summed E-state index contributed by atoms with van der Waals surface area (Å²) >= 11 is 8.38. The number of carbonyl (C=O) groups is 5. The molecule has 13 heteroatoms. The molecule has 1 atom stereocenters. The topological polar surface area (TPSA) is 119 Å². The summed E-state index contributed by atoms with van der Waals surface area (Å²) < 4.78 is 13.3. The van der Waals surface area contributed by atoms with Crippen molar-refractivity contribution in [3.8, 4) is 0 Å². The van der Waals surface area contributed by atoms with Crippen LogP contribution in [0.15, 0.2) is 24.3 Å². The summed E-state index contributed by atoms with van der Waals surface area (Å²) in [5.74, 6) is -3.05. The molecule has 1 aliphatic heterocycles. The number of ether oxygens (including phenoxy) is 2. The number of nitrogens with zero attached hydrogens (tertiary/aromatic N) is 1. The van der Waals surface area contributed by atoms with E-state index in [9.17, 15) is 24.0 Å². The van der Waals surface area contributed by atoms with E-state index in [4.69, 9.17) is 9.47 Å². The number of anilines is 1. The standard InChI is InChI=1S/C25H22I4N2O7/c1-4-37-24(35)12-5-7-13(8-6-12)30-15(32)10-38-25(36)14(9-11(2)3)31-22(33)16-17(23(31)34)19(27)21(29)20(28)18(16)26/h5-8,11,14H,4,9-10H2,1-3H3,(H,30,32)/t14-/m1/s1. The Morgan fingerprint density at radius 2 is 1.39 bits per heavy atom. The fraction of sp³-hybridized carbons (Fsp3) is 0.320. The van der Waals surface area contributed by atoms with Crippen molar-refractivity contribution in [2.75, 3.05) is 18.5 Å². The van der Waals surface area contributed by atoms with Gasteiger partial charge >= 0.3 is 11.9 Å². The number of amides is 3. The third-order valence-electron chi connectivity index (χ3n) is 5.44. The van der Waals surface area contributed by atoms with E-state index in [2.05, 4.69) is 50.5 Å². The Morgan fingerprint density at radius 1 is 0.868 bits per heavy atom. The highest BCUT2D eigenvalue weighted by Gasteiger charge is 2.47. The molecule has 202 valence electrons. The van der Waals surface area contributed by atoms with Gasteiger partial charge in [-0.05, 0) is 134 Å². The van der Waals surface area contributed by atoms with Crippen LogP contribution in [0.4, 0.5) is 5.69 Å². The van der Waals surface area contributed by atoms with E-state index in [1.54, 1.807) is 6.92 Å². The Balaban J connectivity index is 1.74. The molecule has 1 N–H and O–H groups in total. The molecule has 3 amide bonds. The van der Waals surface area contributed by atoms with Gasteiger partial charge in [0.2, 0.25) is 0 Å². The molecule has 0 aromatic heterocycles. The average Bonchev–Trinajstić information content (AvgIpc) is 3.13. The van der Waals surface area contributed by atoms with Gasteiger partial charge in [-0.25, -0.2) is 9.59 Å². The van der Waals surface area contributed by atoms with E-state index >= 15 is 0 Å². The summed E-state index contributed by atoms with van der Waals surface area (Å²) in [6.45, 7) is 5.07. The number of esters is 2. The van der Waals surface area contributed by atoms with Crippen LogP contribution in [0.3, 0.4) is 0 Å². The number of rotatable bonds is 9. The van der Waals surface area contributed by atoms with E-state index in [-0.39, 0.29) is 30.1 Å². The lowest BCUT2D eigenvalue weighted by atomic mass is 10.0. The highest BCUT2D eigenvalue weighted by molar-refractivity contribution is 14.1. The first-order valence-electron chi connectivity index (χ1n) is 11.4. The fourth-order valence-electron chi connectivity index (χ4n) is 3.74. The molecule has 0 saturated carbocycles. The first-order valence-corrected chi connectivity index (χ1v) is 15.7. The molecule has 0 unspecified atom stereocenters. The molecule has 3 rings (SSSR count). The van der Waals surface area contributed by atoms with Crippen LogP contribution in [0.25, 0.3) is 0 Å². The second kappa shape index (κ2) is 13.5. The summed E-state index contributed by atoms with van der Waals surface area (Å²) in [4.78, 5) is 65.2. The molecular weight excluding hydrogens is 948 g/mol. The number of hydrogen-bond acceptors (Lipinski definition) is 7. The summed E-state index contributed by atoms with van der Waals surface area (Å²) in [6, 6.07) is 4.88. The summed E-state index contributed by atoms with van der Waals surface area (Å²) in [5, 5.41) is 2.58. The van der Waals surface area contributed by atoms with Crippen LogP contribution in [0.2, 0.25) is 0 Å². The molecule has 0 aliphatic carbocycles. The van der Waals surface area contributed by atoms with Crippen LogP contribution in [0, 0.1) is 20.2 Å². The van der Waals surface area contributed by atoms with Gasteiger partial charge in [0.15, 0.2) is 6.61 Å². The van der Waals surface area contributed by atoms with Crippen molar-refractivity contribution in [2.24, 2.45) is 5.92 Å². The highest BCUT2D eigenvalue weighted by Crippen LogP contribution is 2.38. The maximum absolute atomic E-state index is 13.4. The van der Waals surface area contributed by atoms with Gasteiger partial charge in [-0.15, -0.1) is 0 Å². The molecule has 38 heavy (non-hydrogen) atoms. The van der Waals surface area contributed by atoms with Crippen molar-refractivity contribution >= 4 is 126 Å². The minimum atomic E-state index is -1.18. The number of fused-ring (bicyclic) bond motifs is 1. The Bertz CT molecular complexity index is 1270. The van der Waals surface area contributed by atoms with Gasteiger partial charge in [-0.3, -0.25) is 19.3 Å². The lowest BCUT2D eigenvalue weighted by molar-refractivity contribution is -0.151. The van der Waals surface area contributed by atoms with E-state index in [1.807, 2.05) is 59.0 Å². The smallest absolute Gasteiger partial charge is 0.338 e. The lowest BCUT2D eigenvalue weighted by Gasteiger charge is -2.26. The predicted molar refractivity (Wildman–Crippen MR) is 173 cm³/mol. The zero-order chi connectivity index (χ0) is 28.3. The number of hydrogen-bond donors (Lipinski definition) is 1. The van der Waals surface area contributed by atoms with E-state index in [0.29, 0.717) is 18.4 Å². The lowest BCUT2D eigenvalue weighted by Crippen LogP contribution is -2.47. The van der Waals surface area contributed by atoms with Crippen LogP contribution >= 0.6 is 90.4 Å². The Labute approximate surface area is 274 Å². The van der Waals surface area contributed by atoms with Crippen LogP contribution in [0.1, 0.15) is 58.3 Å². The maximum atomic E-state index is 13.4. The van der Waals surface area contributed by atoms with Crippen molar-refractivity contribution in [3.05, 3.63) is 55.2 Å². The van der Waals surface area contributed by atoms with Gasteiger partial charge in [0.1, 0.15) is 6.04 Å². The molecule has 0 fully saturated rings. The van der Waals surface area contributed by atoms with Crippen LogP contribution in [0.5, 0.6) is 0 Å². The van der Waals surface area contributed by atoms with Crippen molar-refractivity contribution in [2.45, 2.75) is 33.2 Å². The van der Waals surface area contributed by atoms with Crippen LogP contribution < -0.4 is 5.32 Å². The monoisotopic (exact) mass is 970 g/mol. The second-order valence-corrected chi connectivity index (χ2v) is 12.9. The highest BCUT2D eigenvalue weighted by atomic mass is 127. The minimum Gasteiger partial charge on any atom is -0.462 e. The van der Waals surface area contributed by atoms with Crippen LogP contribution in [-0.2, 0) is 19.1 Å². The third kappa shape index (κ3) is 6.79. The van der Waals surface area contributed by atoms with Crippen LogP contribution in [-0.4, -0.2) is 53.8 Å². The molecule has 2 aromatic carbocycles. The molecule has 0 bridgehead atoms. The van der Waals surface area contributed by atoms with E-state index < -0.39 is 42.3 Å². The first kappa shape index (κ1) is 31.4. The summed E-state index contributed by atoms with van der Waals surface area (Å²) in [5.41, 5.74) is 1.31. The predicted octanol–water partition coefficient (Wildman–Crippen LogP) is 5.47. The normalized spacial score (nSPS) is 13.4. The number of halogens is 4. The molecular formula is C25H22I4N2O7. The summed E-state index contributed by atoms with van der Waals surface area (Å²) in [7, 11) is 0. The van der Waals surface area contributed by atoms with Crippen molar-refractivity contribution in [1.82, 2.24) is 4.90 Å². The van der Waals surface area contributed by atoms with Gasteiger partial charge < -0.3 is 14.8 Å². The molecule has 0 saturated heterocycles. The molecule has 0 spiro atoms. The van der Waals surface area contributed by atoms with Crippen molar-refractivity contribution in [3.63, 3.8) is 0 Å². The molecule has 2 aromatic rings. The van der Waals surface area contributed by atoms with E-state index in [1.165, 1.54) is 24.3 Å². The average molecular weight is 970 g/mol. The van der Waals surface area contributed by atoms with Gasteiger partial charge in [-0.1, -0.05) is 13.8 Å². The second-order valence-electron chi connectivity index (χ2n) is 8.59. The van der Waals surface area contributed by atoms with Gasteiger partial charge in [-0.2, -0.15) is 0 Å². The number of benzene rings is 2. The Morgan fingerprint density at radius 3 is 1.87 bits per heavy atom. The van der Waals surface area contributed by atoms with Crippen molar-refractivity contribution < 1.29 is 33.4 Å². The Kier molecular flexibility index (Phi) is 11.2. The van der Waals surface area contributed by atoms with Gasteiger partial charge in [0.25, 0.3) is 17.7 Å². The third-order valence-corrected chi connectivity index (χ3v) is 12.8. The zero-order valence-corrected chi connectivity index (χ0v) is 29.0.